The molecule has 1 aliphatic heterocycles. The molecule has 2 unspecified atom stereocenters. The number of nitrogens with zero attached hydrogens (tertiary/aromatic N) is 2. The van der Waals surface area contributed by atoms with E-state index in [0.29, 0.717) is 13.0 Å². The molecule has 0 radical (unpaired) electrons. The molecule has 1 aromatic carbocycles. The van der Waals surface area contributed by atoms with Crippen LogP contribution in [0.15, 0.2) is 48.0 Å². The number of thiophene rings is 1. The Morgan fingerprint density at radius 3 is 2.62 bits per heavy atom. The first-order valence-electron chi connectivity index (χ1n) is 11.1. The number of nitrogens with one attached hydrogen (secondary N) is 3. The van der Waals surface area contributed by atoms with Gasteiger partial charge in [0.2, 0.25) is 0 Å². The number of benzene rings is 1. The van der Waals surface area contributed by atoms with E-state index in [0.717, 1.165) is 42.6 Å². The second-order valence-corrected chi connectivity index (χ2v) is 9.41. The smallest absolute Gasteiger partial charge is 0.309 e. The molecule has 0 aliphatic carbocycles. The fourth-order valence-electron chi connectivity index (χ4n) is 4.38. The zero-order valence-corrected chi connectivity index (χ0v) is 19.5. The van der Waals surface area contributed by atoms with Gasteiger partial charge >= 0.3 is 11.8 Å². The Kier molecular flexibility index (Phi) is 7.24. The standard InChI is InChI=1S/C24H31N5O2S/c1-17(22(21-8-5-15-32-21)29-13-11-28(2)12-14-29)27-24(31)23(30)25-10-9-18-16-26-20-7-4-3-6-19(18)20/h3-8,15-17,22,26H,9-14H2,1-2H3,(H,25,30)(H,27,31). The fraction of sp³-hybridized carbons (Fsp3) is 0.417. The summed E-state index contributed by atoms with van der Waals surface area (Å²) in [5.74, 6) is -1.16. The number of hydrogen-bond acceptors (Lipinski definition) is 5. The summed E-state index contributed by atoms with van der Waals surface area (Å²) in [6, 6.07) is 12.1. The molecule has 3 aromatic rings. The van der Waals surface area contributed by atoms with E-state index >= 15 is 0 Å². The molecule has 1 saturated heterocycles. The summed E-state index contributed by atoms with van der Waals surface area (Å²) < 4.78 is 0. The summed E-state index contributed by atoms with van der Waals surface area (Å²) in [6.45, 7) is 6.27. The molecule has 2 aromatic heterocycles. The van der Waals surface area contributed by atoms with Crippen LogP contribution in [0.4, 0.5) is 0 Å². The monoisotopic (exact) mass is 453 g/mol. The van der Waals surface area contributed by atoms with Crippen molar-refractivity contribution in [2.45, 2.75) is 25.4 Å². The molecular formula is C24H31N5O2S. The highest BCUT2D eigenvalue weighted by Gasteiger charge is 2.31. The van der Waals surface area contributed by atoms with Crippen LogP contribution >= 0.6 is 11.3 Å². The van der Waals surface area contributed by atoms with Crippen molar-refractivity contribution in [1.29, 1.82) is 0 Å². The van der Waals surface area contributed by atoms with E-state index in [1.165, 1.54) is 4.88 Å². The van der Waals surface area contributed by atoms with Gasteiger partial charge in [0, 0.05) is 60.7 Å². The van der Waals surface area contributed by atoms with Crippen molar-refractivity contribution in [3.05, 3.63) is 58.4 Å². The molecule has 0 bridgehead atoms. The number of aromatic nitrogens is 1. The fourth-order valence-corrected chi connectivity index (χ4v) is 5.35. The minimum absolute atomic E-state index is 0.0617. The van der Waals surface area contributed by atoms with Crippen LogP contribution in [-0.4, -0.2) is 72.4 Å². The van der Waals surface area contributed by atoms with Crippen LogP contribution < -0.4 is 10.6 Å². The second-order valence-electron chi connectivity index (χ2n) is 8.43. The van der Waals surface area contributed by atoms with Crippen LogP contribution in [0.25, 0.3) is 10.9 Å². The van der Waals surface area contributed by atoms with Gasteiger partial charge in [-0.05, 0) is 43.5 Å². The molecule has 32 heavy (non-hydrogen) atoms. The molecule has 1 aliphatic rings. The van der Waals surface area contributed by atoms with E-state index in [4.69, 9.17) is 0 Å². The van der Waals surface area contributed by atoms with Crippen molar-refractivity contribution in [3.63, 3.8) is 0 Å². The summed E-state index contributed by atoms with van der Waals surface area (Å²) in [5.41, 5.74) is 2.20. The number of H-pyrrole nitrogens is 1. The minimum Gasteiger partial charge on any atom is -0.361 e. The Hall–Kier alpha value is -2.68. The molecule has 3 heterocycles. The topological polar surface area (TPSA) is 80.5 Å². The molecule has 170 valence electrons. The Morgan fingerprint density at radius 1 is 1.09 bits per heavy atom. The van der Waals surface area contributed by atoms with Crippen LogP contribution in [-0.2, 0) is 16.0 Å². The number of piperazine rings is 1. The van der Waals surface area contributed by atoms with Crippen molar-refractivity contribution in [1.82, 2.24) is 25.4 Å². The third kappa shape index (κ3) is 5.20. The lowest BCUT2D eigenvalue weighted by molar-refractivity contribution is -0.139. The zero-order valence-electron chi connectivity index (χ0n) is 18.6. The average molecular weight is 454 g/mol. The summed E-state index contributed by atoms with van der Waals surface area (Å²) >= 11 is 1.69. The Balaban J connectivity index is 1.32. The van der Waals surface area contributed by atoms with Crippen LogP contribution in [0.3, 0.4) is 0 Å². The highest BCUT2D eigenvalue weighted by Crippen LogP contribution is 2.29. The van der Waals surface area contributed by atoms with Crippen molar-refractivity contribution >= 4 is 34.1 Å². The second kappa shape index (κ2) is 10.3. The Morgan fingerprint density at radius 2 is 1.88 bits per heavy atom. The van der Waals surface area contributed by atoms with Gasteiger partial charge in [0.25, 0.3) is 0 Å². The molecule has 0 saturated carbocycles. The third-order valence-corrected chi connectivity index (χ3v) is 7.10. The first-order valence-corrected chi connectivity index (χ1v) is 12.0. The number of aromatic amines is 1. The van der Waals surface area contributed by atoms with Gasteiger partial charge in [-0.25, -0.2) is 0 Å². The highest BCUT2D eigenvalue weighted by atomic mass is 32.1. The van der Waals surface area contributed by atoms with E-state index < -0.39 is 11.8 Å². The van der Waals surface area contributed by atoms with Crippen molar-refractivity contribution in [2.24, 2.45) is 0 Å². The number of fused-ring (bicyclic) bond motifs is 1. The lowest BCUT2D eigenvalue weighted by Gasteiger charge is -2.40. The van der Waals surface area contributed by atoms with Gasteiger partial charge in [-0.3, -0.25) is 14.5 Å². The average Bonchev–Trinajstić information content (AvgIpc) is 3.46. The van der Waals surface area contributed by atoms with E-state index in [1.807, 2.05) is 37.4 Å². The summed E-state index contributed by atoms with van der Waals surface area (Å²) in [5, 5.41) is 8.92. The van der Waals surface area contributed by atoms with Crippen molar-refractivity contribution in [2.75, 3.05) is 39.8 Å². The van der Waals surface area contributed by atoms with E-state index in [9.17, 15) is 9.59 Å². The van der Waals surface area contributed by atoms with Gasteiger partial charge in [-0.15, -0.1) is 11.3 Å². The largest absolute Gasteiger partial charge is 0.361 e. The zero-order chi connectivity index (χ0) is 22.5. The maximum atomic E-state index is 12.6. The van der Waals surface area contributed by atoms with Gasteiger partial charge in [-0.1, -0.05) is 24.3 Å². The molecule has 3 N–H and O–H groups in total. The lowest BCUT2D eigenvalue weighted by atomic mass is 10.0. The minimum atomic E-state index is -0.583. The Bertz CT molecular complexity index is 1040. The molecule has 2 amide bonds. The first-order chi connectivity index (χ1) is 15.5. The molecule has 8 heteroatoms. The molecule has 0 spiro atoms. The van der Waals surface area contributed by atoms with Crippen LogP contribution in [0, 0.1) is 0 Å². The summed E-state index contributed by atoms with van der Waals surface area (Å²) in [7, 11) is 2.13. The van der Waals surface area contributed by atoms with Gasteiger partial charge in [0.05, 0.1) is 6.04 Å². The van der Waals surface area contributed by atoms with Crippen LogP contribution in [0.5, 0.6) is 0 Å². The maximum Gasteiger partial charge on any atom is 0.309 e. The number of rotatable bonds is 7. The molecule has 2 atom stereocenters. The molecule has 4 rings (SSSR count). The predicted octanol–water partition coefficient (Wildman–Crippen LogP) is 2.38. The van der Waals surface area contributed by atoms with E-state index in [-0.39, 0.29) is 12.1 Å². The number of carbonyl (C=O) groups excluding carboxylic acids is 2. The van der Waals surface area contributed by atoms with E-state index in [1.54, 1.807) is 11.3 Å². The lowest BCUT2D eigenvalue weighted by Crippen LogP contribution is -2.53. The number of amides is 2. The SMILES string of the molecule is CC(NC(=O)C(=O)NCCc1c[nH]c2ccccc12)C(c1cccs1)N1CCN(C)CC1. The third-order valence-electron chi connectivity index (χ3n) is 6.16. The number of hydrogen-bond donors (Lipinski definition) is 3. The quantitative estimate of drug-likeness (QED) is 0.480. The molecule has 1 fully saturated rings. The van der Waals surface area contributed by atoms with Crippen LogP contribution in [0.2, 0.25) is 0 Å². The number of para-hydroxylation sites is 1. The van der Waals surface area contributed by atoms with Crippen molar-refractivity contribution < 1.29 is 9.59 Å². The normalized spacial score (nSPS) is 17.2. The highest BCUT2D eigenvalue weighted by molar-refractivity contribution is 7.10. The Labute approximate surface area is 192 Å². The summed E-state index contributed by atoms with van der Waals surface area (Å²) in [4.78, 5) is 34.2. The molecular weight excluding hydrogens is 422 g/mol. The number of carbonyl (C=O) groups is 2. The number of likely N-dealkylation sites (N-methyl/N-ethyl adjacent to an activating group) is 1. The van der Waals surface area contributed by atoms with E-state index in [2.05, 4.69) is 50.0 Å². The van der Waals surface area contributed by atoms with Crippen molar-refractivity contribution in [3.8, 4) is 0 Å². The van der Waals surface area contributed by atoms with Gasteiger partial charge in [0.1, 0.15) is 0 Å². The predicted molar refractivity (Wildman–Crippen MR) is 129 cm³/mol. The van der Waals surface area contributed by atoms with Gasteiger partial charge < -0.3 is 20.5 Å². The van der Waals surface area contributed by atoms with Gasteiger partial charge in [0.15, 0.2) is 0 Å². The molecule has 7 nitrogen and oxygen atoms in total. The maximum absolute atomic E-state index is 12.6. The van der Waals surface area contributed by atoms with Crippen LogP contribution in [0.1, 0.15) is 23.4 Å². The summed E-state index contributed by atoms with van der Waals surface area (Å²) in [6.07, 6.45) is 2.62. The van der Waals surface area contributed by atoms with Gasteiger partial charge in [-0.2, -0.15) is 0 Å². The first kappa shape index (κ1) is 22.5.